The molecule has 2 amide bonds. The second-order valence-corrected chi connectivity index (χ2v) is 7.74. The molecule has 4 aliphatic heterocycles. The molecule has 4 aliphatic rings. The van der Waals surface area contributed by atoms with Gasteiger partial charge in [-0.15, -0.1) is 0 Å². The zero-order valence-corrected chi connectivity index (χ0v) is 15.1. The average molecular weight is 342 g/mol. The standard InChI is InChI=1S/C20H30N4O/c25-20(24-15-14-22-12-8-19(24)9-13-22)21-18-7-11-23(16-18)10-6-17-4-2-1-3-5-17/h1-5,18-19H,6-16H2,(H,21,25)/t18-/m0/s1. The van der Waals surface area contributed by atoms with E-state index in [1.54, 1.807) is 0 Å². The molecule has 5 heteroatoms. The second-order valence-electron chi connectivity index (χ2n) is 7.74. The van der Waals surface area contributed by atoms with Crippen LogP contribution in [0.15, 0.2) is 30.3 Å². The molecule has 1 N–H and O–H groups in total. The first kappa shape index (κ1) is 16.9. The van der Waals surface area contributed by atoms with Crippen molar-refractivity contribution >= 4 is 6.03 Å². The first-order valence-electron chi connectivity index (χ1n) is 9.84. The number of carbonyl (C=O) groups excluding carboxylic acids is 1. The molecule has 5 rings (SSSR count). The molecule has 1 aromatic rings. The quantitative estimate of drug-likeness (QED) is 0.907. The molecule has 2 bridgehead atoms. The molecule has 0 spiro atoms. The van der Waals surface area contributed by atoms with Crippen LogP contribution in [-0.4, -0.2) is 78.6 Å². The van der Waals surface area contributed by atoms with Crippen LogP contribution < -0.4 is 5.32 Å². The molecule has 136 valence electrons. The van der Waals surface area contributed by atoms with Gasteiger partial charge in [-0.2, -0.15) is 0 Å². The Morgan fingerprint density at radius 3 is 2.60 bits per heavy atom. The molecule has 0 unspecified atom stereocenters. The van der Waals surface area contributed by atoms with E-state index in [1.165, 1.54) is 5.56 Å². The number of nitrogens with one attached hydrogen (secondary N) is 1. The minimum atomic E-state index is 0.170. The lowest BCUT2D eigenvalue weighted by Gasteiger charge is -2.32. The van der Waals surface area contributed by atoms with E-state index in [0.29, 0.717) is 12.1 Å². The van der Waals surface area contributed by atoms with Crippen LogP contribution in [0.1, 0.15) is 24.8 Å². The topological polar surface area (TPSA) is 38.8 Å². The summed E-state index contributed by atoms with van der Waals surface area (Å²) in [5, 5.41) is 3.31. The van der Waals surface area contributed by atoms with Gasteiger partial charge in [0.05, 0.1) is 0 Å². The molecular weight excluding hydrogens is 312 g/mol. The number of fused-ring (bicyclic) bond motifs is 4. The number of carbonyl (C=O) groups is 1. The van der Waals surface area contributed by atoms with Crippen LogP contribution in [0.3, 0.4) is 0 Å². The molecule has 1 atom stereocenters. The lowest BCUT2D eigenvalue weighted by atomic mass is 10.1. The molecule has 4 heterocycles. The average Bonchev–Trinajstić information content (AvgIpc) is 2.87. The predicted molar refractivity (Wildman–Crippen MR) is 99.7 cm³/mol. The van der Waals surface area contributed by atoms with Gasteiger partial charge in [-0.3, -0.25) is 0 Å². The van der Waals surface area contributed by atoms with Crippen LogP contribution in [0.25, 0.3) is 0 Å². The van der Waals surface area contributed by atoms with E-state index >= 15 is 0 Å². The smallest absolute Gasteiger partial charge is 0.317 e. The Labute approximate surface area is 151 Å². The Hall–Kier alpha value is -1.59. The molecule has 0 saturated carbocycles. The maximum Gasteiger partial charge on any atom is 0.317 e. The maximum absolute atomic E-state index is 12.8. The molecule has 0 aromatic heterocycles. The lowest BCUT2D eigenvalue weighted by Crippen LogP contribution is -2.50. The zero-order chi connectivity index (χ0) is 17.1. The van der Waals surface area contributed by atoms with Crippen molar-refractivity contribution in [3.05, 3.63) is 35.9 Å². The van der Waals surface area contributed by atoms with Crippen molar-refractivity contribution in [2.75, 3.05) is 45.8 Å². The number of rotatable bonds is 4. The molecule has 5 nitrogen and oxygen atoms in total. The van der Waals surface area contributed by atoms with Gasteiger partial charge in [-0.05, 0) is 31.2 Å². The second kappa shape index (κ2) is 7.75. The van der Waals surface area contributed by atoms with Crippen molar-refractivity contribution in [1.82, 2.24) is 20.0 Å². The van der Waals surface area contributed by atoms with E-state index in [-0.39, 0.29) is 6.03 Å². The van der Waals surface area contributed by atoms with E-state index < -0.39 is 0 Å². The normalized spacial score (nSPS) is 29.6. The first-order chi connectivity index (χ1) is 12.3. The minimum absolute atomic E-state index is 0.170. The Kier molecular flexibility index (Phi) is 5.22. The fraction of sp³-hybridized carbons (Fsp3) is 0.650. The summed E-state index contributed by atoms with van der Waals surface area (Å²) < 4.78 is 0. The van der Waals surface area contributed by atoms with Crippen molar-refractivity contribution in [3.63, 3.8) is 0 Å². The van der Waals surface area contributed by atoms with Crippen molar-refractivity contribution < 1.29 is 4.79 Å². The highest BCUT2D eigenvalue weighted by Gasteiger charge is 2.33. The van der Waals surface area contributed by atoms with E-state index in [0.717, 1.165) is 71.5 Å². The highest BCUT2D eigenvalue weighted by molar-refractivity contribution is 5.75. The van der Waals surface area contributed by atoms with Gasteiger partial charge in [0.1, 0.15) is 0 Å². The van der Waals surface area contributed by atoms with Gasteiger partial charge in [-0.25, -0.2) is 4.79 Å². The number of hydrogen-bond acceptors (Lipinski definition) is 3. The Bertz CT molecular complexity index is 570. The summed E-state index contributed by atoms with van der Waals surface area (Å²) in [7, 11) is 0. The third-order valence-corrected chi connectivity index (χ3v) is 6.08. The number of piperidine rings is 1. The molecule has 1 aromatic carbocycles. The summed E-state index contributed by atoms with van der Waals surface area (Å²) in [5.41, 5.74) is 1.39. The molecule has 4 saturated heterocycles. The van der Waals surface area contributed by atoms with Crippen molar-refractivity contribution in [1.29, 1.82) is 0 Å². The molecular formula is C20H30N4O. The van der Waals surface area contributed by atoms with E-state index in [4.69, 9.17) is 0 Å². The predicted octanol–water partition coefficient (Wildman–Crippen LogP) is 1.79. The number of benzene rings is 1. The zero-order valence-electron chi connectivity index (χ0n) is 15.1. The third kappa shape index (κ3) is 4.15. The number of likely N-dealkylation sites (tertiary alicyclic amines) is 1. The van der Waals surface area contributed by atoms with Gasteiger partial charge in [0.2, 0.25) is 0 Å². The molecule has 25 heavy (non-hydrogen) atoms. The van der Waals surface area contributed by atoms with Gasteiger partial charge < -0.3 is 20.0 Å². The van der Waals surface area contributed by atoms with Crippen LogP contribution in [0.2, 0.25) is 0 Å². The first-order valence-corrected chi connectivity index (χ1v) is 9.84. The number of urea groups is 1. The summed E-state index contributed by atoms with van der Waals surface area (Å²) in [6.45, 7) is 7.41. The fourth-order valence-corrected chi connectivity index (χ4v) is 4.50. The van der Waals surface area contributed by atoms with Crippen LogP contribution in [0.5, 0.6) is 0 Å². The van der Waals surface area contributed by atoms with Gasteiger partial charge in [0.25, 0.3) is 0 Å². The Balaban J connectivity index is 1.24. The number of hydrogen-bond donors (Lipinski definition) is 1. The fourth-order valence-electron chi connectivity index (χ4n) is 4.50. The van der Waals surface area contributed by atoms with Crippen molar-refractivity contribution in [2.45, 2.75) is 37.8 Å². The molecule has 0 radical (unpaired) electrons. The van der Waals surface area contributed by atoms with E-state index in [2.05, 4.69) is 50.3 Å². The lowest BCUT2D eigenvalue weighted by molar-refractivity contribution is 0.167. The van der Waals surface area contributed by atoms with Crippen molar-refractivity contribution in [3.8, 4) is 0 Å². The summed E-state index contributed by atoms with van der Waals surface area (Å²) in [5.74, 6) is 0. The van der Waals surface area contributed by atoms with Crippen molar-refractivity contribution in [2.24, 2.45) is 0 Å². The van der Waals surface area contributed by atoms with Gasteiger partial charge in [0, 0.05) is 57.9 Å². The largest absolute Gasteiger partial charge is 0.334 e. The summed E-state index contributed by atoms with van der Waals surface area (Å²) >= 11 is 0. The van der Waals surface area contributed by atoms with E-state index in [1.807, 2.05) is 0 Å². The van der Waals surface area contributed by atoms with Crippen LogP contribution >= 0.6 is 0 Å². The van der Waals surface area contributed by atoms with Crippen LogP contribution in [-0.2, 0) is 6.42 Å². The maximum atomic E-state index is 12.8. The number of amides is 2. The minimum Gasteiger partial charge on any atom is -0.334 e. The summed E-state index contributed by atoms with van der Waals surface area (Å²) in [6.07, 6.45) is 4.44. The van der Waals surface area contributed by atoms with Gasteiger partial charge >= 0.3 is 6.03 Å². The Morgan fingerprint density at radius 2 is 1.80 bits per heavy atom. The van der Waals surface area contributed by atoms with Crippen LogP contribution in [0, 0.1) is 0 Å². The highest BCUT2D eigenvalue weighted by Crippen LogP contribution is 2.21. The van der Waals surface area contributed by atoms with Gasteiger partial charge in [0.15, 0.2) is 0 Å². The Morgan fingerprint density at radius 1 is 1.00 bits per heavy atom. The number of nitrogens with zero attached hydrogens (tertiary/aromatic N) is 3. The molecule has 4 fully saturated rings. The summed E-state index contributed by atoms with van der Waals surface area (Å²) in [4.78, 5) is 19.8. The van der Waals surface area contributed by atoms with Gasteiger partial charge in [-0.1, -0.05) is 30.3 Å². The molecule has 0 aliphatic carbocycles. The third-order valence-electron chi connectivity index (χ3n) is 6.08. The summed E-state index contributed by atoms with van der Waals surface area (Å²) in [6, 6.07) is 11.6. The van der Waals surface area contributed by atoms with E-state index in [9.17, 15) is 4.79 Å². The highest BCUT2D eigenvalue weighted by atomic mass is 16.2. The SMILES string of the molecule is O=C(N[C@H]1CCN(CCc2ccccc2)C1)N1CCN2CCC1CC2. The monoisotopic (exact) mass is 342 g/mol. The van der Waals surface area contributed by atoms with Crippen LogP contribution in [0.4, 0.5) is 4.79 Å².